The number of nitrogens with one attached hydrogen (secondary N) is 2. The Kier molecular flexibility index (Phi) is 5.27. The number of carbonyl (C=O) groups excluding carboxylic acids is 1. The van der Waals surface area contributed by atoms with Crippen molar-refractivity contribution in [3.63, 3.8) is 0 Å². The van der Waals surface area contributed by atoms with Crippen LogP contribution in [0.4, 0.5) is 22.7 Å². The van der Waals surface area contributed by atoms with Crippen molar-refractivity contribution >= 4 is 28.7 Å². The van der Waals surface area contributed by atoms with Gasteiger partial charge in [0.2, 0.25) is 0 Å². The lowest BCUT2D eigenvalue weighted by molar-refractivity contribution is -0.422. The van der Waals surface area contributed by atoms with Crippen LogP contribution in [-0.2, 0) is 0 Å². The molecule has 0 bridgehead atoms. The van der Waals surface area contributed by atoms with E-state index in [2.05, 4.69) is 15.5 Å². The summed E-state index contributed by atoms with van der Waals surface area (Å²) in [5, 5.41) is 27.6. The SMILES string of the molecule is O=C(Nc1ccc([N+](=O)[O-])c([N+](=O)[O-])c1)c1ccc(N2CCNCC2)cc1. The van der Waals surface area contributed by atoms with E-state index in [0.29, 0.717) is 5.56 Å². The van der Waals surface area contributed by atoms with Gasteiger partial charge in [-0.15, -0.1) is 0 Å². The summed E-state index contributed by atoms with van der Waals surface area (Å²) < 4.78 is 0. The summed E-state index contributed by atoms with van der Waals surface area (Å²) in [5.41, 5.74) is 0.211. The molecule has 27 heavy (non-hydrogen) atoms. The quantitative estimate of drug-likeness (QED) is 0.608. The molecule has 3 rings (SSSR count). The third kappa shape index (κ3) is 4.18. The van der Waals surface area contributed by atoms with E-state index in [1.807, 2.05) is 12.1 Å². The van der Waals surface area contributed by atoms with E-state index in [4.69, 9.17) is 0 Å². The van der Waals surface area contributed by atoms with Crippen LogP contribution in [-0.4, -0.2) is 41.9 Å². The fraction of sp³-hybridized carbons (Fsp3) is 0.235. The first-order valence-electron chi connectivity index (χ1n) is 8.25. The number of carbonyl (C=O) groups is 1. The monoisotopic (exact) mass is 371 g/mol. The maximum Gasteiger partial charge on any atom is 0.348 e. The van der Waals surface area contributed by atoms with Crippen molar-refractivity contribution in [2.24, 2.45) is 0 Å². The van der Waals surface area contributed by atoms with Crippen molar-refractivity contribution in [3.05, 3.63) is 68.3 Å². The minimum atomic E-state index is -0.851. The van der Waals surface area contributed by atoms with Crippen molar-refractivity contribution in [2.75, 3.05) is 36.4 Å². The second kappa shape index (κ2) is 7.79. The fourth-order valence-corrected chi connectivity index (χ4v) is 2.85. The van der Waals surface area contributed by atoms with E-state index in [1.165, 1.54) is 6.07 Å². The Balaban J connectivity index is 1.74. The van der Waals surface area contributed by atoms with E-state index in [-0.39, 0.29) is 5.69 Å². The number of nitro benzene ring substituents is 2. The molecule has 1 heterocycles. The van der Waals surface area contributed by atoms with Crippen LogP contribution in [0.15, 0.2) is 42.5 Å². The van der Waals surface area contributed by atoms with Gasteiger partial charge >= 0.3 is 11.4 Å². The maximum atomic E-state index is 12.4. The highest BCUT2D eigenvalue weighted by Gasteiger charge is 2.24. The molecule has 10 nitrogen and oxygen atoms in total. The van der Waals surface area contributed by atoms with Crippen LogP contribution in [0.1, 0.15) is 10.4 Å². The molecule has 0 atom stereocenters. The Labute approximate surface area is 154 Å². The summed E-state index contributed by atoms with van der Waals surface area (Å²) in [6, 6.07) is 10.3. The summed E-state index contributed by atoms with van der Waals surface area (Å²) >= 11 is 0. The van der Waals surface area contributed by atoms with Crippen LogP contribution in [0.25, 0.3) is 0 Å². The summed E-state index contributed by atoms with van der Waals surface area (Å²) in [6.45, 7) is 3.58. The molecule has 1 fully saturated rings. The highest BCUT2D eigenvalue weighted by atomic mass is 16.6. The molecule has 0 saturated carbocycles. The lowest BCUT2D eigenvalue weighted by Gasteiger charge is -2.29. The molecule has 1 saturated heterocycles. The molecular formula is C17H17N5O5. The Hall–Kier alpha value is -3.53. The van der Waals surface area contributed by atoms with Gasteiger partial charge in [-0.3, -0.25) is 25.0 Å². The molecule has 1 amide bonds. The number of amides is 1. The lowest BCUT2D eigenvalue weighted by atomic mass is 10.1. The van der Waals surface area contributed by atoms with Crippen molar-refractivity contribution in [2.45, 2.75) is 0 Å². The lowest BCUT2D eigenvalue weighted by Crippen LogP contribution is -2.43. The van der Waals surface area contributed by atoms with Gasteiger partial charge in [0.25, 0.3) is 5.91 Å². The van der Waals surface area contributed by atoms with Crippen LogP contribution in [0.5, 0.6) is 0 Å². The number of rotatable bonds is 5. The van der Waals surface area contributed by atoms with Crippen LogP contribution in [0.2, 0.25) is 0 Å². The molecule has 1 aliphatic heterocycles. The smallest absolute Gasteiger partial charge is 0.348 e. The van der Waals surface area contributed by atoms with Crippen molar-refractivity contribution < 1.29 is 14.6 Å². The van der Waals surface area contributed by atoms with Gasteiger partial charge in [0.1, 0.15) is 0 Å². The molecule has 1 aliphatic rings. The number of nitro groups is 2. The van der Waals surface area contributed by atoms with Crippen molar-refractivity contribution in [1.82, 2.24) is 5.32 Å². The third-order valence-corrected chi connectivity index (χ3v) is 4.24. The molecular weight excluding hydrogens is 354 g/mol. The number of hydrogen-bond donors (Lipinski definition) is 2. The predicted octanol–water partition coefficient (Wildman–Crippen LogP) is 2.16. The maximum absolute atomic E-state index is 12.4. The van der Waals surface area contributed by atoms with Gasteiger partial charge in [0.05, 0.1) is 9.85 Å². The van der Waals surface area contributed by atoms with Crippen molar-refractivity contribution in [1.29, 1.82) is 0 Å². The van der Waals surface area contributed by atoms with E-state index < -0.39 is 27.1 Å². The van der Waals surface area contributed by atoms with Gasteiger partial charge in [-0.05, 0) is 30.3 Å². The summed E-state index contributed by atoms with van der Waals surface area (Å²) in [7, 11) is 0. The average Bonchev–Trinajstić information content (AvgIpc) is 2.68. The highest BCUT2D eigenvalue weighted by Crippen LogP contribution is 2.29. The Morgan fingerprint density at radius 3 is 2.19 bits per heavy atom. The molecule has 0 radical (unpaired) electrons. The van der Waals surface area contributed by atoms with E-state index in [1.54, 1.807) is 12.1 Å². The average molecular weight is 371 g/mol. The van der Waals surface area contributed by atoms with E-state index in [0.717, 1.165) is 44.0 Å². The largest absolute Gasteiger partial charge is 0.369 e. The molecule has 0 spiro atoms. The molecule has 2 N–H and O–H groups in total. The minimum Gasteiger partial charge on any atom is -0.369 e. The third-order valence-electron chi connectivity index (χ3n) is 4.24. The van der Waals surface area contributed by atoms with Gasteiger partial charge in [0, 0.05) is 55.2 Å². The second-order valence-corrected chi connectivity index (χ2v) is 5.96. The number of hydrogen-bond acceptors (Lipinski definition) is 7. The van der Waals surface area contributed by atoms with Crippen LogP contribution >= 0.6 is 0 Å². The molecule has 0 aromatic heterocycles. The minimum absolute atomic E-state index is 0.114. The Bertz CT molecular complexity index is 878. The second-order valence-electron chi connectivity index (χ2n) is 5.96. The summed E-state index contributed by atoms with van der Waals surface area (Å²) in [4.78, 5) is 34.7. The van der Waals surface area contributed by atoms with Gasteiger partial charge in [-0.25, -0.2) is 0 Å². The van der Waals surface area contributed by atoms with Gasteiger partial charge in [-0.1, -0.05) is 0 Å². The molecule has 140 valence electrons. The van der Waals surface area contributed by atoms with Gasteiger partial charge in [0.15, 0.2) is 0 Å². The number of benzene rings is 2. The zero-order chi connectivity index (χ0) is 19.4. The zero-order valence-corrected chi connectivity index (χ0v) is 14.3. The standard InChI is InChI=1S/C17H17N5O5/c23-17(12-1-4-14(5-2-12)20-9-7-18-8-10-20)19-13-3-6-15(21(24)25)16(11-13)22(26)27/h1-6,11,18H,7-10H2,(H,19,23). The number of anilines is 2. The topological polar surface area (TPSA) is 131 Å². The first-order valence-corrected chi connectivity index (χ1v) is 8.25. The molecule has 0 unspecified atom stereocenters. The Morgan fingerprint density at radius 2 is 1.59 bits per heavy atom. The molecule has 10 heteroatoms. The van der Waals surface area contributed by atoms with Crippen LogP contribution in [0, 0.1) is 20.2 Å². The first kappa shape index (κ1) is 18.3. The van der Waals surface area contributed by atoms with E-state index >= 15 is 0 Å². The van der Waals surface area contributed by atoms with Gasteiger partial charge < -0.3 is 15.5 Å². The Morgan fingerprint density at radius 1 is 0.963 bits per heavy atom. The molecule has 2 aromatic rings. The number of piperazine rings is 1. The zero-order valence-electron chi connectivity index (χ0n) is 14.3. The molecule has 2 aromatic carbocycles. The highest BCUT2D eigenvalue weighted by molar-refractivity contribution is 6.04. The summed E-state index contributed by atoms with van der Waals surface area (Å²) in [6.07, 6.45) is 0. The van der Waals surface area contributed by atoms with E-state index in [9.17, 15) is 25.0 Å². The summed E-state index contributed by atoms with van der Waals surface area (Å²) in [5.74, 6) is -0.454. The number of nitrogens with zero attached hydrogens (tertiary/aromatic N) is 3. The van der Waals surface area contributed by atoms with Gasteiger partial charge in [-0.2, -0.15) is 0 Å². The van der Waals surface area contributed by atoms with Crippen LogP contribution < -0.4 is 15.5 Å². The first-order chi connectivity index (χ1) is 13.0. The fourth-order valence-electron chi connectivity index (χ4n) is 2.85. The van der Waals surface area contributed by atoms with Crippen LogP contribution in [0.3, 0.4) is 0 Å². The van der Waals surface area contributed by atoms with Crippen molar-refractivity contribution in [3.8, 4) is 0 Å². The predicted molar refractivity (Wildman–Crippen MR) is 99.2 cm³/mol. The normalized spacial score (nSPS) is 13.9. The molecule has 0 aliphatic carbocycles.